The second-order valence-electron chi connectivity index (χ2n) is 3.17. The van der Waals surface area contributed by atoms with Crippen LogP contribution < -0.4 is 5.32 Å². The Kier molecular flexibility index (Phi) is 1.88. The van der Waals surface area contributed by atoms with Crippen molar-refractivity contribution in [3.63, 3.8) is 0 Å². The van der Waals surface area contributed by atoms with Crippen LogP contribution in [0.2, 0.25) is 0 Å². The van der Waals surface area contributed by atoms with Gasteiger partial charge in [-0.1, -0.05) is 6.07 Å². The number of rotatable bonds is 1. The monoisotopic (exact) mass is 177 g/mol. The highest BCUT2D eigenvalue weighted by atomic mass is 16.2. The second kappa shape index (κ2) is 3.05. The first-order valence-corrected chi connectivity index (χ1v) is 4.19. The average molecular weight is 177 g/mol. The lowest BCUT2D eigenvalue weighted by atomic mass is 10.1. The molecule has 1 aromatic rings. The molecule has 0 radical (unpaired) electrons. The smallest absolute Gasteiger partial charge is 0.317 e. The maximum atomic E-state index is 11.2. The molecule has 1 saturated heterocycles. The number of urea groups is 1. The second-order valence-corrected chi connectivity index (χ2v) is 3.17. The van der Waals surface area contributed by atoms with E-state index in [4.69, 9.17) is 0 Å². The van der Waals surface area contributed by atoms with Crippen LogP contribution in [0.3, 0.4) is 0 Å². The molecular formula is C9H11N3O. The van der Waals surface area contributed by atoms with E-state index in [1.54, 1.807) is 24.3 Å². The molecular weight excluding hydrogens is 166 g/mol. The summed E-state index contributed by atoms with van der Waals surface area (Å²) in [7, 11) is 1.78. The maximum Gasteiger partial charge on any atom is 0.317 e. The number of nitrogens with zero attached hydrogens (tertiary/aromatic N) is 2. The van der Waals surface area contributed by atoms with Crippen molar-refractivity contribution in [1.29, 1.82) is 0 Å². The van der Waals surface area contributed by atoms with Gasteiger partial charge in [-0.3, -0.25) is 4.98 Å². The van der Waals surface area contributed by atoms with Crippen molar-refractivity contribution in [2.45, 2.75) is 6.04 Å². The molecule has 0 aliphatic carbocycles. The molecule has 2 heterocycles. The van der Waals surface area contributed by atoms with Gasteiger partial charge in [0, 0.05) is 26.0 Å². The number of hydrogen-bond acceptors (Lipinski definition) is 2. The Hall–Kier alpha value is -1.58. The van der Waals surface area contributed by atoms with E-state index in [0.717, 1.165) is 5.56 Å². The molecule has 1 aromatic heterocycles. The van der Waals surface area contributed by atoms with Crippen molar-refractivity contribution in [2.75, 3.05) is 13.6 Å². The largest absolute Gasteiger partial charge is 0.329 e. The van der Waals surface area contributed by atoms with Gasteiger partial charge in [0.05, 0.1) is 6.04 Å². The molecule has 0 aromatic carbocycles. The van der Waals surface area contributed by atoms with E-state index in [1.165, 1.54) is 0 Å². The van der Waals surface area contributed by atoms with E-state index >= 15 is 0 Å². The summed E-state index contributed by atoms with van der Waals surface area (Å²) in [4.78, 5) is 16.8. The van der Waals surface area contributed by atoms with Crippen molar-refractivity contribution in [2.24, 2.45) is 0 Å². The summed E-state index contributed by atoms with van der Waals surface area (Å²) in [6.45, 7) is 0.713. The Labute approximate surface area is 76.6 Å². The zero-order chi connectivity index (χ0) is 9.26. The molecule has 0 saturated carbocycles. The number of amides is 2. The Morgan fingerprint density at radius 3 is 3.08 bits per heavy atom. The van der Waals surface area contributed by atoms with Crippen molar-refractivity contribution >= 4 is 6.03 Å². The first-order valence-electron chi connectivity index (χ1n) is 4.19. The van der Waals surface area contributed by atoms with Crippen LogP contribution in [-0.4, -0.2) is 29.5 Å². The normalized spacial score (nSPS) is 21.8. The number of carbonyl (C=O) groups excluding carboxylic acids is 1. The predicted octanol–water partition coefficient (Wildman–Crippen LogP) is 0.778. The third-order valence-corrected chi connectivity index (χ3v) is 2.19. The summed E-state index contributed by atoms with van der Waals surface area (Å²) in [5.74, 6) is 0. The summed E-state index contributed by atoms with van der Waals surface area (Å²) < 4.78 is 0. The van der Waals surface area contributed by atoms with Crippen LogP contribution in [-0.2, 0) is 0 Å². The van der Waals surface area contributed by atoms with Gasteiger partial charge in [-0.05, 0) is 11.6 Å². The van der Waals surface area contributed by atoms with Gasteiger partial charge in [0.1, 0.15) is 0 Å². The quantitative estimate of drug-likeness (QED) is 0.689. The predicted molar refractivity (Wildman–Crippen MR) is 48.1 cm³/mol. The number of aromatic nitrogens is 1. The standard InChI is InChI=1S/C9H11N3O/c1-12-6-8(11-9(12)13)7-3-2-4-10-5-7/h2-5,8H,6H2,1H3,(H,11,13). The molecule has 1 atom stereocenters. The lowest BCUT2D eigenvalue weighted by molar-refractivity contribution is 0.226. The average Bonchev–Trinajstić information content (AvgIpc) is 2.49. The van der Waals surface area contributed by atoms with Crippen LogP contribution in [0, 0.1) is 0 Å². The molecule has 4 heteroatoms. The molecule has 13 heavy (non-hydrogen) atoms. The van der Waals surface area contributed by atoms with Crippen LogP contribution in [0.4, 0.5) is 4.79 Å². The highest BCUT2D eigenvalue weighted by Gasteiger charge is 2.26. The Morgan fingerprint density at radius 1 is 1.69 bits per heavy atom. The van der Waals surface area contributed by atoms with E-state index < -0.39 is 0 Å². The molecule has 1 N–H and O–H groups in total. The SMILES string of the molecule is CN1CC(c2cccnc2)NC1=O. The van der Waals surface area contributed by atoms with Crippen LogP contribution in [0.25, 0.3) is 0 Å². The van der Waals surface area contributed by atoms with Gasteiger partial charge in [-0.15, -0.1) is 0 Å². The van der Waals surface area contributed by atoms with Gasteiger partial charge in [0.25, 0.3) is 0 Å². The highest BCUT2D eigenvalue weighted by molar-refractivity contribution is 5.76. The molecule has 1 unspecified atom stereocenters. The molecule has 1 aliphatic heterocycles. The molecule has 2 amide bonds. The first-order chi connectivity index (χ1) is 6.27. The summed E-state index contributed by atoms with van der Waals surface area (Å²) in [6.07, 6.45) is 3.51. The van der Waals surface area contributed by atoms with Gasteiger partial charge in [0.15, 0.2) is 0 Å². The van der Waals surface area contributed by atoms with Gasteiger partial charge in [-0.25, -0.2) is 4.79 Å². The number of likely N-dealkylation sites (N-methyl/N-ethyl adjacent to an activating group) is 1. The molecule has 68 valence electrons. The minimum absolute atomic E-state index is 0.0196. The molecule has 1 fully saturated rings. The van der Waals surface area contributed by atoms with E-state index in [9.17, 15) is 4.79 Å². The molecule has 2 rings (SSSR count). The van der Waals surface area contributed by atoms with Crippen LogP contribution in [0.15, 0.2) is 24.5 Å². The minimum Gasteiger partial charge on any atom is -0.329 e. The third kappa shape index (κ3) is 1.47. The van der Waals surface area contributed by atoms with Crippen LogP contribution in [0.1, 0.15) is 11.6 Å². The highest BCUT2D eigenvalue weighted by Crippen LogP contribution is 2.17. The van der Waals surface area contributed by atoms with Gasteiger partial charge in [-0.2, -0.15) is 0 Å². The summed E-state index contributed by atoms with van der Waals surface area (Å²) in [5, 5.41) is 2.87. The van der Waals surface area contributed by atoms with Crippen molar-refractivity contribution < 1.29 is 4.79 Å². The van der Waals surface area contributed by atoms with Crippen LogP contribution >= 0.6 is 0 Å². The summed E-state index contributed by atoms with van der Waals surface area (Å²) >= 11 is 0. The van der Waals surface area contributed by atoms with Crippen molar-refractivity contribution in [3.05, 3.63) is 30.1 Å². The number of carbonyl (C=O) groups is 1. The fourth-order valence-corrected chi connectivity index (χ4v) is 1.43. The number of hydrogen-bond donors (Lipinski definition) is 1. The summed E-state index contributed by atoms with van der Waals surface area (Å²) in [6, 6.07) is 3.91. The van der Waals surface area contributed by atoms with E-state index in [0.29, 0.717) is 6.54 Å². The fourth-order valence-electron chi connectivity index (χ4n) is 1.43. The van der Waals surface area contributed by atoms with Gasteiger partial charge in [0.2, 0.25) is 0 Å². The van der Waals surface area contributed by atoms with E-state index in [2.05, 4.69) is 10.3 Å². The molecule has 1 aliphatic rings. The topological polar surface area (TPSA) is 45.2 Å². The maximum absolute atomic E-state index is 11.2. The minimum atomic E-state index is -0.0196. The Balaban J connectivity index is 2.17. The van der Waals surface area contributed by atoms with E-state index in [1.807, 2.05) is 12.1 Å². The van der Waals surface area contributed by atoms with Crippen molar-refractivity contribution in [1.82, 2.24) is 15.2 Å². The zero-order valence-electron chi connectivity index (χ0n) is 7.40. The Bertz CT molecular complexity index is 312. The third-order valence-electron chi connectivity index (χ3n) is 2.19. The lowest BCUT2D eigenvalue weighted by Crippen LogP contribution is -2.23. The Morgan fingerprint density at radius 2 is 2.54 bits per heavy atom. The summed E-state index contributed by atoms with van der Waals surface area (Å²) in [5.41, 5.74) is 1.06. The molecule has 4 nitrogen and oxygen atoms in total. The first kappa shape index (κ1) is 8.04. The van der Waals surface area contributed by atoms with Crippen LogP contribution in [0.5, 0.6) is 0 Å². The molecule has 0 spiro atoms. The van der Waals surface area contributed by atoms with E-state index in [-0.39, 0.29) is 12.1 Å². The van der Waals surface area contributed by atoms with Gasteiger partial charge >= 0.3 is 6.03 Å². The fraction of sp³-hybridized carbons (Fsp3) is 0.333. The number of pyridine rings is 1. The zero-order valence-corrected chi connectivity index (χ0v) is 7.40. The van der Waals surface area contributed by atoms with Crippen molar-refractivity contribution in [3.8, 4) is 0 Å². The van der Waals surface area contributed by atoms with Gasteiger partial charge < -0.3 is 10.2 Å². The molecule has 0 bridgehead atoms. The lowest BCUT2D eigenvalue weighted by Gasteiger charge is -2.07. The number of nitrogens with one attached hydrogen (secondary N) is 1.